The van der Waals surface area contributed by atoms with E-state index in [-0.39, 0.29) is 0 Å². The molecule has 2 atom stereocenters. The lowest BCUT2D eigenvalue weighted by Gasteiger charge is -2.11. The van der Waals surface area contributed by atoms with Crippen LogP contribution in [-0.4, -0.2) is 20.2 Å². The van der Waals surface area contributed by atoms with Crippen LogP contribution in [0.3, 0.4) is 0 Å². The van der Waals surface area contributed by atoms with E-state index in [9.17, 15) is 0 Å². The molecule has 1 aromatic heterocycles. The third-order valence-electron chi connectivity index (χ3n) is 4.00. The van der Waals surface area contributed by atoms with Crippen LogP contribution >= 0.6 is 11.6 Å². The summed E-state index contributed by atoms with van der Waals surface area (Å²) in [6, 6.07) is 5.42. The molecule has 1 heterocycles. The summed E-state index contributed by atoms with van der Waals surface area (Å²) in [6.07, 6.45) is 3.79. The van der Waals surface area contributed by atoms with Gasteiger partial charge in [-0.25, -0.2) is 4.68 Å². The quantitative estimate of drug-likeness (QED) is 0.883. The molecular formula is C14H18ClN5. The zero-order chi connectivity index (χ0) is 14.1. The Balaban J connectivity index is 1.86. The molecule has 106 valence electrons. The lowest BCUT2D eigenvalue weighted by Crippen LogP contribution is -2.11. The molecule has 0 amide bonds. The summed E-state index contributed by atoms with van der Waals surface area (Å²) < 4.78 is 1.86. The molecule has 1 saturated carbocycles. The first-order valence-corrected chi connectivity index (χ1v) is 7.33. The van der Waals surface area contributed by atoms with Gasteiger partial charge in [-0.3, -0.25) is 0 Å². The summed E-state index contributed by atoms with van der Waals surface area (Å²) in [7, 11) is 0. The van der Waals surface area contributed by atoms with Gasteiger partial charge in [0.1, 0.15) is 0 Å². The molecular weight excluding hydrogens is 274 g/mol. The van der Waals surface area contributed by atoms with Crippen LogP contribution in [0.4, 0.5) is 5.69 Å². The van der Waals surface area contributed by atoms with E-state index in [1.165, 1.54) is 19.3 Å². The Labute approximate surface area is 123 Å². The van der Waals surface area contributed by atoms with E-state index in [1.54, 1.807) is 6.07 Å². The Morgan fingerprint density at radius 3 is 2.95 bits per heavy atom. The third kappa shape index (κ3) is 2.63. The van der Waals surface area contributed by atoms with Gasteiger partial charge in [0.05, 0.1) is 5.02 Å². The van der Waals surface area contributed by atoms with Crippen molar-refractivity contribution in [3.8, 4) is 11.4 Å². The number of benzene rings is 1. The van der Waals surface area contributed by atoms with Crippen molar-refractivity contribution < 1.29 is 0 Å². The number of anilines is 1. The molecule has 5 nitrogen and oxygen atoms in total. The molecule has 2 aromatic rings. The lowest BCUT2D eigenvalue weighted by atomic mass is 10.1. The van der Waals surface area contributed by atoms with Crippen molar-refractivity contribution >= 4 is 17.3 Å². The summed E-state index contributed by atoms with van der Waals surface area (Å²) >= 11 is 6.24. The first-order valence-electron chi connectivity index (χ1n) is 6.95. The minimum atomic E-state index is 0.584. The normalized spacial score (nSPS) is 22.3. The maximum Gasteiger partial charge on any atom is 0.183 e. The molecule has 6 heteroatoms. The molecule has 0 spiro atoms. The lowest BCUT2D eigenvalue weighted by molar-refractivity contribution is 0.412. The molecule has 0 saturated heterocycles. The fourth-order valence-corrected chi connectivity index (χ4v) is 3.24. The molecule has 2 N–H and O–H groups in total. The smallest absolute Gasteiger partial charge is 0.183 e. The second-order valence-corrected chi connectivity index (χ2v) is 6.12. The van der Waals surface area contributed by atoms with E-state index in [4.69, 9.17) is 17.3 Å². The Hall–Kier alpha value is -1.62. The van der Waals surface area contributed by atoms with Crippen LogP contribution in [-0.2, 0) is 6.54 Å². The second kappa shape index (κ2) is 5.40. The van der Waals surface area contributed by atoms with E-state index in [0.29, 0.717) is 16.6 Å². The van der Waals surface area contributed by atoms with Gasteiger partial charge in [-0.1, -0.05) is 24.9 Å². The predicted octanol–water partition coefficient (Wildman–Crippen LogP) is 3.01. The second-order valence-electron chi connectivity index (χ2n) is 5.71. The molecule has 0 bridgehead atoms. The summed E-state index contributed by atoms with van der Waals surface area (Å²) in [5.74, 6) is 2.18. The van der Waals surface area contributed by atoms with Gasteiger partial charge in [0.15, 0.2) is 5.82 Å². The molecule has 1 aromatic carbocycles. The van der Waals surface area contributed by atoms with Gasteiger partial charge in [-0.2, -0.15) is 0 Å². The van der Waals surface area contributed by atoms with Gasteiger partial charge < -0.3 is 5.73 Å². The number of nitrogens with zero attached hydrogens (tertiary/aromatic N) is 4. The Morgan fingerprint density at radius 1 is 1.40 bits per heavy atom. The number of tetrazole rings is 1. The molecule has 0 aliphatic heterocycles. The van der Waals surface area contributed by atoms with Gasteiger partial charge in [0, 0.05) is 17.8 Å². The molecule has 3 rings (SSSR count). The number of hydrogen-bond donors (Lipinski definition) is 1. The van der Waals surface area contributed by atoms with Crippen molar-refractivity contribution in [1.82, 2.24) is 20.2 Å². The number of aromatic nitrogens is 4. The van der Waals surface area contributed by atoms with Crippen molar-refractivity contribution in [2.45, 2.75) is 32.7 Å². The highest BCUT2D eigenvalue weighted by molar-refractivity contribution is 6.33. The zero-order valence-electron chi connectivity index (χ0n) is 11.5. The number of halogens is 1. The van der Waals surface area contributed by atoms with E-state index in [0.717, 1.165) is 23.9 Å². The Morgan fingerprint density at radius 2 is 2.25 bits per heavy atom. The third-order valence-corrected chi connectivity index (χ3v) is 4.31. The summed E-state index contributed by atoms with van der Waals surface area (Å²) in [6.45, 7) is 3.16. The molecule has 1 fully saturated rings. The highest BCUT2D eigenvalue weighted by Crippen LogP contribution is 2.33. The van der Waals surface area contributed by atoms with Crippen LogP contribution in [0.15, 0.2) is 18.2 Å². The number of nitrogen functional groups attached to an aromatic ring is 1. The standard InChI is InChI=1S/C14H18ClN5/c1-9-2-3-10(6-9)8-20-14(17-18-19-20)12-5-4-11(16)7-13(12)15/h4-5,7,9-10H,2-3,6,8,16H2,1H3. The first-order chi connectivity index (χ1) is 9.63. The highest BCUT2D eigenvalue weighted by Gasteiger charge is 2.23. The Kier molecular flexibility index (Phi) is 3.61. The maximum atomic E-state index is 6.24. The van der Waals surface area contributed by atoms with Crippen LogP contribution in [0.1, 0.15) is 26.2 Å². The fraction of sp³-hybridized carbons (Fsp3) is 0.500. The monoisotopic (exact) mass is 291 g/mol. The summed E-state index contributed by atoms with van der Waals surface area (Å²) in [4.78, 5) is 0. The minimum absolute atomic E-state index is 0.584. The zero-order valence-corrected chi connectivity index (χ0v) is 12.2. The number of rotatable bonds is 3. The summed E-state index contributed by atoms with van der Waals surface area (Å²) in [5, 5.41) is 12.6. The highest BCUT2D eigenvalue weighted by atomic mass is 35.5. The minimum Gasteiger partial charge on any atom is -0.399 e. The number of hydrogen-bond acceptors (Lipinski definition) is 4. The van der Waals surface area contributed by atoms with Crippen molar-refractivity contribution in [1.29, 1.82) is 0 Å². The van der Waals surface area contributed by atoms with E-state index >= 15 is 0 Å². The maximum absolute atomic E-state index is 6.24. The van der Waals surface area contributed by atoms with Crippen molar-refractivity contribution in [3.05, 3.63) is 23.2 Å². The topological polar surface area (TPSA) is 69.6 Å². The molecule has 2 unspecified atom stereocenters. The fourth-order valence-electron chi connectivity index (χ4n) is 2.97. The van der Waals surface area contributed by atoms with Gasteiger partial charge in [-0.15, -0.1) is 5.10 Å². The van der Waals surface area contributed by atoms with Crippen LogP contribution in [0, 0.1) is 11.8 Å². The largest absolute Gasteiger partial charge is 0.399 e. The molecule has 20 heavy (non-hydrogen) atoms. The van der Waals surface area contributed by atoms with Crippen LogP contribution < -0.4 is 5.73 Å². The van der Waals surface area contributed by atoms with Crippen molar-refractivity contribution in [2.75, 3.05) is 5.73 Å². The van der Waals surface area contributed by atoms with Crippen LogP contribution in [0.5, 0.6) is 0 Å². The average molecular weight is 292 g/mol. The number of nitrogens with two attached hydrogens (primary N) is 1. The van der Waals surface area contributed by atoms with E-state index < -0.39 is 0 Å². The molecule has 1 aliphatic carbocycles. The van der Waals surface area contributed by atoms with E-state index in [2.05, 4.69) is 22.4 Å². The van der Waals surface area contributed by atoms with Crippen molar-refractivity contribution in [3.63, 3.8) is 0 Å². The van der Waals surface area contributed by atoms with E-state index in [1.807, 2.05) is 16.8 Å². The molecule has 0 radical (unpaired) electrons. The van der Waals surface area contributed by atoms with Gasteiger partial charge in [-0.05, 0) is 53.3 Å². The summed E-state index contributed by atoms with van der Waals surface area (Å²) in [5.41, 5.74) is 7.19. The van der Waals surface area contributed by atoms with Gasteiger partial charge >= 0.3 is 0 Å². The Bertz CT molecular complexity index is 609. The first kappa shape index (κ1) is 13.4. The average Bonchev–Trinajstić information content (AvgIpc) is 3.00. The van der Waals surface area contributed by atoms with Gasteiger partial charge in [0.2, 0.25) is 0 Å². The van der Waals surface area contributed by atoms with Gasteiger partial charge in [0.25, 0.3) is 0 Å². The SMILES string of the molecule is CC1CCC(Cn2nnnc2-c2ccc(N)cc2Cl)C1. The van der Waals surface area contributed by atoms with Crippen molar-refractivity contribution in [2.24, 2.45) is 11.8 Å². The van der Waals surface area contributed by atoms with Crippen LogP contribution in [0.2, 0.25) is 5.02 Å². The van der Waals surface area contributed by atoms with Crippen LogP contribution in [0.25, 0.3) is 11.4 Å². The predicted molar refractivity (Wildman–Crippen MR) is 79.2 cm³/mol. The molecule has 1 aliphatic rings.